The Kier molecular flexibility index (Phi) is 4.70. The van der Waals surface area contributed by atoms with E-state index in [-0.39, 0.29) is 11.3 Å². The lowest BCUT2D eigenvalue weighted by atomic mass is 9.87. The molecule has 0 saturated carbocycles. The number of benzene rings is 2. The molecular weight excluding hydrogens is 400 g/mol. The number of fused-ring (bicyclic) bond motifs is 1. The zero-order chi connectivity index (χ0) is 21.6. The third kappa shape index (κ3) is 3.27. The number of ketones is 2. The summed E-state index contributed by atoms with van der Waals surface area (Å²) in [6.45, 7) is 0. The minimum Gasteiger partial charge on any atom is -0.378 e. The van der Waals surface area contributed by atoms with Gasteiger partial charge in [0.25, 0.3) is 0 Å². The van der Waals surface area contributed by atoms with Crippen LogP contribution in [-0.2, 0) is 14.8 Å². The number of Topliss-reactive ketones (excluding diaryl/α,β-unsaturated/α-hetero) is 1. The van der Waals surface area contributed by atoms with Gasteiger partial charge in [-0.25, -0.2) is 12.4 Å². The molecule has 0 atom stereocenters. The number of anilines is 1. The van der Waals surface area contributed by atoms with Gasteiger partial charge in [0, 0.05) is 37.1 Å². The lowest BCUT2D eigenvalue weighted by Gasteiger charge is -2.18. The van der Waals surface area contributed by atoms with E-state index >= 15 is 0 Å². The first-order chi connectivity index (χ1) is 14.2. The first kappa shape index (κ1) is 19.8. The second kappa shape index (κ2) is 7.11. The summed E-state index contributed by atoms with van der Waals surface area (Å²) in [5.41, 5.74) is 3.45. The molecule has 1 heterocycles. The zero-order valence-electron chi connectivity index (χ0n) is 16.8. The summed E-state index contributed by atoms with van der Waals surface area (Å²) >= 11 is 0. The number of allylic oxidation sites excluding steroid dienone is 1. The highest BCUT2D eigenvalue weighted by molar-refractivity contribution is 7.89. The average Bonchev–Trinajstić information content (AvgIpc) is 3.13. The van der Waals surface area contributed by atoms with Crippen LogP contribution in [0.4, 0.5) is 5.69 Å². The largest absolute Gasteiger partial charge is 0.378 e. The van der Waals surface area contributed by atoms with Gasteiger partial charge >= 0.3 is 0 Å². The summed E-state index contributed by atoms with van der Waals surface area (Å²) in [7, 11) is 0.0949. The van der Waals surface area contributed by atoms with Gasteiger partial charge in [0.2, 0.25) is 21.6 Å². The van der Waals surface area contributed by atoms with Crippen LogP contribution in [0.15, 0.2) is 66.9 Å². The summed E-state index contributed by atoms with van der Waals surface area (Å²) in [5.74, 6) is -1.38. The molecule has 0 spiro atoms. The van der Waals surface area contributed by atoms with Gasteiger partial charge in [0.15, 0.2) is 0 Å². The predicted molar refractivity (Wildman–Crippen MR) is 117 cm³/mol. The quantitative estimate of drug-likeness (QED) is 0.606. The standard InChI is InChI=1S/C23H20N2O4S/c1-24(2)17-11-9-16(10-12-17)18-13-20(26)23(27)21-19(15-7-5-4-6-8-15)14-25(22(18)21)30(3,28)29/h4-14H,1-3H3. The monoisotopic (exact) mass is 420 g/mol. The molecule has 0 unspecified atom stereocenters. The molecule has 4 rings (SSSR count). The second-order valence-corrected chi connectivity index (χ2v) is 9.24. The fraction of sp³-hybridized carbons (Fsp3) is 0.130. The maximum atomic E-state index is 12.9. The summed E-state index contributed by atoms with van der Waals surface area (Å²) in [6, 6.07) is 16.4. The minimum absolute atomic E-state index is 0.116. The molecule has 1 aromatic heterocycles. The Labute approximate surface area is 175 Å². The van der Waals surface area contributed by atoms with Crippen LogP contribution in [0, 0.1) is 0 Å². The van der Waals surface area contributed by atoms with Crippen LogP contribution in [0.25, 0.3) is 16.7 Å². The maximum Gasteiger partial charge on any atom is 0.236 e. The Balaban J connectivity index is 2.02. The van der Waals surface area contributed by atoms with Crippen molar-refractivity contribution in [1.82, 2.24) is 3.97 Å². The highest BCUT2D eigenvalue weighted by Gasteiger charge is 2.35. The highest BCUT2D eigenvalue weighted by Crippen LogP contribution is 2.39. The molecular formula is C23H20N2O4S. The average molecular weight is 420 g/mol. The van der Waals surface area contributed by atoms with Crippen molar-refractivity contribution in [2.24, 2.45) is 0 Å². The van der Waals surface area contributed by atoms with Crippen LogP contribution >= 0.6 is 0 Å². The van der Waals surface area contributed by atoms with Gasteiger partial charge in [0.1, 0.15) is 0 Å². The molecule has 0 bridgehead atoms. The minimum atomic E-state index is -3.73. The molecule has 0 aliphatic heterocycles. The molecule has 0 saturated heterocycles. The van der Waals surface area contributed by atoms with Gasteiger partial charge in [-0.2, -0.15) is 0 Å². The zero-order valence-corrected chi connectivity index (χ0v) is 17.6. The Morgan fingerprint density at radius 1 is 0.867 bits per heavy atom. The molecule has 1 aliphatic rings. The first-order valence-corrected chi connectivity index (χ1v) is 11.1. The molecule has 30 heavy (non-hydrogen) atoms. The van der Waals surface area contributed by atoms with E-state index in [1.165, 1.54) is 12.3 Å². The van der Waals surface area contributed by atoms with Crippen LogP contribution in [0.2, 0.25) is 0 Å². The molecule has 7 heteroatoms. The normalized spacial score (nSPS) is 13.8. The van der Waals surface area contributed by atoms with Crippen LogP contribution in [0.3, 0.4) is 0 Å². The molecule has 2 aromatic carbocycles. The molecule has 0 fully saturated rings. The molecule has 0 radical (unpaired) electrons. The van der Waals surface area contributed by atoms with Crippen LogP contribution in [0.1, 0.15) is 21.6 Å². The molecule has 0 amide bonds. The van der Waals surface area contributed by atoms with Crippen molar-refractivity contribution in [3.05, 3.63) is 83.7 Å². The Bertz CT molecular complexity index is 1300. The van der Waals surface area contributed by atoms with Crippen molar-refractivity contribution in [3.8, 4) is 11.1 Å². The molecule has 3 aromatic rings. The SMILES string of the molecule is CN(C)c1ccc(C2=CC(=O)C(=O)c3c(-c4ccccc4)cn(S(C)(=O)=O)c32)cc1. The van der Waals surface area contributed by atoms with E-state index in [0.717, 1.165) is 15.9 Å². The van der Waals surface area contributed by atoms with E-state index in [4.69, 9.17) is 0 Å². The van der Waals surface area contributed by atoms with Gasteiger partial charge in [-0.3, -0.25) is 9.59 Å². The highest BCUT2D eigenvalue weighted by atomic mass is 32.2. The van der Waals surface area contributed by atoms with E-state index < -0.39 is 21.6 Å². The number of rotatable bonds is 4. The van der Waals surface area contributed by atoms with Crippen molar-refractivity contribution in [3.63, 3.8) is 0 Å². The number of aromatic nitrogens is 1. The van der Waals surface area contributed by atoms with Crippen molar-refractivity contribution >= 4 is 32.9 Å². The molecule has 152 valence electrons. The smallest absolute Gasteiger partial charge is 0.236 e. The van der Waals surface area contributed by atoms with E-state index in [0.29, 0.717) is 22.3 Å². The van der Waals surface area contributed by atoms with Gasteiger partial charge < -0.3 is 4.90 Å². The lowest BCUT2D eigenvalue weighted by Crippen LogP contribution is -2.22. The number of hydrogen-bond donors (Lipinski definition) is 0. The summed E-state index contributed by atoms with van der Waals surface area (Å²) in [4.78, 5) is 27.4. The van der Waals surface area contributed by atoms with Gasteiger partial charge in [-0.15, -0.1) is 0 Å². The van der Waals surface area contributed by atoms with Gasteiger partial charge in [-0.05, 0) is 29.3 Å². The fourth-order valence-electron chi connectivity index (χ4n) is 3.61. The lowest BCUT2D eigenvalue weighted by molar-refractivity contribution is -0.111. The number of carbonyl (C=O) groups excluding carboxylic acids is 2. The van der Waals surface area contributed by atoms with E-state index in [9.17, 15) is 18.0 Å². The second-order valence-electron chi connectivity index (χ2n) is 7.38. The molecule has 6 nitrogen and oxygen atoms in total. The van der Waals surface area contributed by atoms with Crippen LogP contribution in [0.5, 0.6) is 0 Å². The van der Waals surface area contributed by atoms with Crippen molar-refractivity contribution in [2.75, 3.05) is 25.3 Å². The van der Waals surface area contributed by atoms with E-state index in [1.54, 1.807) is 24.3 Å². The number of hydrogen-bond acceptors (Lipinski definition) is 5. The summed E-state index contributed by atoms with van der Waals surface area (Å²) < 4.78 is 26.3. The summed E-state index contributed by atoms with van der Waals surface area (Å²) in [5, 5.41) is 0. The van der Waals surface area contributed by atoms with Crippen LogP contribution in [-0.4, -0.2) is 44.3 Å². The van der Waals surface area contributed by atoms with Crippen molar-refractivity contribution in [1.29, 1.82) is 0 Å². The topological polar surface area (TPSA) is 76.5 Å². The molecule has 0 N–H and O–H groups in total. The third-order valence-electron chi connectivity index (χ3n) is 5.09. The van der Waals surface area contributed by atoms with Crippen LogP contribution < -0.4 is 4.90 Å². The summed E-state index contributed by atoms with van der Waals surface area (Å²) in [6.07, 6.45) is 3.73. The third-order valence-corrected chi connectivity index (χ3v) is 6.09. The Morgan fingerprint density at radius 2 is 1.50 bits per heavy atom. The van der Waals surface area contributed by atoms with E-state index in [2.05, 4.69) is 0 Å². The van der Waals surface area contributed by atoms with Crippen molar-refractivity contribution < 1.29 is 18.0 Å². The number of carbonyl (C=O) groups is 2. The van der Waals surface area contributed by atoms with E-state index in [1.807, 2.05) is 49.3 Å². The Morgan fingerprint density at radius 3 is 2.07 bits per heavy atom. The molecule has 1 aliphatic carbocycles. The van der Waals surface area contributed by atoms with Crippen molar-refractivity contribution in [2.45, 2.75) is 0 Å². The predicted octanol–water partition coefficient (Wildman–Crippen LogP) is 3.23. The Hall–Kier alpha value is -3.45. The number of nitrogens with zero attached hydrogens (tertiary/aromatic N) is 2. The first-order valence-electron chi connectivity index (χ1n) is 9.28. The fourth-order valence-corrected chi connectivity index (χ4v) is 4.43. The maximum absolute atomic E-state index is 12.9. The van der Waals surface area contributed by atoms with Gasteiger partial charge in [-0.1, -0.05) is 42.5 Å². The van der Waals surface area contributed by atoms with Gasteiger partial charge in [0.05, 0.1) is 17.5 Å².